The fourth-order valence-electron chi connectivity index (χ4n) is 1.94. The van der Waals surface area contributed by atoms with Crippen molar-refractivity contribution in [3.8, 4) is 0 Å². The van der Waals surface area contributed by atoms with Crippen LogP contribution < -0.4 is 10.5 Å². The van der Waals surface area contributed by atoms with Crippen molar-refractivity contribution in [1.29, 1.82) is 0 Å². The predicted molar refractivity (Wildman–Crippen MR) is 77.8 cm³/mol. The number of benzene rings is 1. The molecule has 0 radical (unpaired) electrons. The van der Waals surface area contributed by atoms with Crippen LogP contribution in [0, 0.1) is 0 Å². The SMILES string of the molecule is CC(CO)(NCc1ccc(S(N)(=O)=O)o1)c1ccccc1. The highest BCUT2D eigenvalue weighted by atomic mass is 32.2. The number of hydrogen-bond acceptors (Lipinski definition) is 5. The van der Waals surface area contributed by atoms with E-state index in [0.717, 1.165) is 5.56 Å². The van der Waals surface area contributed by atoms with E-state index in [4.69, 9.17) is 9.56 Å². The molecule has 6 nitrogen and oxygen atoms in total. The molecule has 4 N–H and O–H groups in total. The Labute approximate surface area is 123 Å². The van der Waals surface area contributed by atoms with Gasteiger partial charge in [0, 0.05) is 0 Å². The van der Waals surface area contributed by atoms with Crippen LogP contribution in [-0.4, -0.2) is 20.1 Å². The average Bonchev–Trinajstić information content (AvgIpc) is 2.95. The standard InChI is InChI=1S/C14H18N2O4S/c1-14(10-17,11-5-3-2-4-6-11)16-9-12-7-8-13(20-12)21(15,18)19/h2-8,16-17H,9-10H2,1H3,(H2,15,18,19). The smallest absolute Gasteiger partial charge is 0.271 e. The van der Waals surface area contributed by atoms with Gasteiger partial charge < -0.3 is 9.52 Å². The first-order valence-corrected chi connectivity index (χ1v) is 7.93. The van der Waals surface area contributed by atoms with Gasteiger partial charge in [0.15, 0.2) is 0 Å². The van der Waals surface area contributed by atoms with Crippen LogP contribution in [0.4, 0.5) is 0 Å². The molecule has 0 fully saturated rings. The zero-order chi connectivity index (χ0) is 15.5. The summed E-state index contributed by atoms with van der Waals surface area (Å²) in [5, 5.41) is 17.5. The second-order valence-electron chi connectivity index (χ2n) is 4.98. The Bertz CT molecular complexity index is 697. The Morgan fingerprint density at radius 1 is 1.24 bits per heavy atom. The molecule has 0 amide bonds. The Morgan fingerprint density at radius 2 is 1.90 bits per heavy atom. The molecule has 1 heterocycles. The van der Waals surface area contributed by atoms with Crippen LogP contribution in [0.25, 0.3) is 0 Å². The van der Waals surface area contributed by atoms with Gasteiger partial charge in [-0.1, -0.05) is 30.3 Å². The molecule has 1 aromatic heterocycles. The van der Waals surface area contributed by atoms with Crippen molar-refractivity contribution in [3.63, 3.8) is 0 Å². The van der Waals surface area contributed by atoms with E-state index in [1.807, 2.05) is 37.3 Å². The van der Waals surface area contributed by atoms with Crippen LogP contribution in [0.5, 0.6) is 0 Å². The minimum absolute atomic E-state index is 0.111. The number of sulfonamides is 1. The number of primary sulfonamides is 1. The third-order valence-corrected chi connectivity index (χ3v) is 4.08. The molecule has 0 bridgehead atoms. The van der Waals surface area contributed by atoms with Gasteiger partial charge in [-0.25, -0.2) is 13.6 Å². The number of nitrogens with one attached hydrogen (secondary N) is 1. The first-order chi connectivity index (χ1) is 9.85. The lowest BCUT2D eigenvalue weighted by atomic mass is 9.93. The summed E-state index contributed by atoms with van der Waals surface area (Å²) in [6.07, 6.45) is 0. The molecule has 1 aromatic carbocycles. The number of aliphatic hydroxyl groups is 1. The second-order valence-corrected chi connectivity index (χ2v) is 6.47. The zero-order valence-corrected chi connectivity index (χ0v) is 12.4. The topological polar surface area (TPSA) is 106 Å². The normalized spacial score (nSPS) is 14.8. The highest BCUT2D eigenvalue weighted by Crippen LogP contribution is 2.21. The van der Waals surface area contributed by atoms with E-state index in [9.17, 15) is 13.5 Å². The molecule has 2 aromatic rings. The number of furan rings is 1. The molecule has 2 rings (SSSR count). The summed E-state index contributed by atoms with van der Waals surface area (Å²) in [7, 11) is -3.84. The summed E-state index contributed by atoms with van der Waals surface area (Å²) in [5.41, 5.74) is 0.265. The van der Waals surface area contributed by atoms with Gasteiger partial charge in [0.1, 0.15) is 5.76 Å². The summed E-state index contributed by atoms with van der Waals surface area (Å²) in [4.78, 5) is 0. The third kappa shape index (κ3) is 3.70. The molecular weight excluding hydrogens is 292 g/mol. The lowest BCUT2D eigenvalue weighted by molar-refractivity contribution is 0.170. The first-order valence-electron chi connectivity index (χ1n) is 6.38. The minimum Gasteiger partial charge on any atom is -0.447 e. The van der Waals surface area contributed by atoms with Gasteiger partial charge in [-0.2, -0.15) is 0 Å². The lowest BCUT2D eigenvalue weighted by Gasteiger charge is -2.29. The van der Waals surface area contributed by atoms with Gasteiger partial charge in [-0.3, -0.25) is 5.32 Å². The van der Waals surface area contributed by atoms with E-state index < -0.39 is 15.6 Å². The monoisotopic (exact) mass is 310 g/mol. The molecule has 0 aliphatic heterocycles. The molecule has 1 unspecified atom stereocenters. The largest absolute Gasteiger partial charge is 0.447 e. The van der Waals surface area contributed by atoms with Crippen LogP contribution in [0.1, 0.15) is 18.2 Å². The molecule has 0 saturated heterocycles. The molecule has 114 valence electrons. The maximum Gasteiger partial charge on any atom is 0.271 e. The first kappa shape index (κ1) is 15.7. The Kier molecular flexibility index (Phi) is 4.48. The Balaban J connectivity index is 2.12. The fraction of sp³-hybridized carbons (Fsp3) is 0.286. The lowest BCUT2D eigenvalue weighted by Crippen LogP contribution is -2.42. The van der Waals surface area contributed by atoms with E-state index in [2.05, 4.69) is 5.32 Å². The third-order valence-electron chi connectivity index (χ3n) is 3.30. The summed E-state index contributed by atoms with van der Waals surface area (Å²) >= 11 is 0. The van der Waals surface area contributed by atoms with Crippen molar-refractivity contribution < 1.29 is 17.9 Å². The van der Waals surface area contributed by atoms with E-state index in [0.29, 0.717) is 5.76 Å². The fourth-order valence-corrected chi connectivity index (χ4v) is 2.42. The van der Waals surface area contributed by atoms with E-state index in [1.54, 1.807) is 0 Å². The summed E-state index contributed by atoms with van der Waals surface area (Å²) in [6.45, 7) is 2.01. The van der Waals surface area contributed by atoms with Crippen LogP contribution in [0.15, 0.2) is 52.0 Å². The molecule has 7 heteroatoms. The molecule has 0 aliphatic carbocycles. The zero-order valence-electron chi connectivity index (χ0n) is 11.6. The van der Waals surface area contributed by atoms with Crippen molar-refractivity contribution in [2.75, 3.05) is 6.61 Å². The quantitative estimate of drug-likeness (QED) is 0.736. The molecule has 0 saturated carbocycles. The summed E-state index contributed by atoms with van der Waals surface area (Å²) < 4.78 is 27.5. The number of rotatable bonds is 6. The van der Waals surface area contributed by atoms with E-state index >= 15 is 0 Å². The number of nitrogens with two attached hydrogens (primary N) is 1. The van der Waals surface area contributed by atoms with Crippen LogP contribution in [0.2, 0.25) is 0 Å². The van der Waals surface area contributed by atoms with Crippen molar-refractivity contribution >= 4 is 10.0 Å². The van der Waals surface area contributed by atoms with Crippen LogP contribution in [-0.2, 0) is 22.1 Å². The van der Waals surface area contributed by atoms with Gasteiger partial charge in [0.2, 0.25) is 5.09 Å². The van der Waals surface area contributed by atoms with Crippen molar-refractivity contribution in [2.45, 2.75) is 24.1 Å². The van der Waals surface area contributed by atoms with Crippen molar-refractivity contribution in [3.05, 3.63) is 53.8 Å². The predicted octanol–water partition coefficient (Wildman–Crippen LogP) is 0.924. The second kappa shape index (κ2) is 5.98. The highest BCUT2D eigenvalue weighted by Gasteiger charge is 2.25. The average molecular weight is 310 g/mol. The molecular formula is C14H18N2O4S. The maximum atomic E-state index is 11.1. The molecule has 1 atom stereocenters. The van der Waals surface area contributed by atoms with Gasteiger partial charge in [-0.15, -0.1) is 0 Å². The summed E-state index contributed by atoms with van der Waals surface area (Å²) in [5.74, 6) is 0.426. The van der Waals surface area contributed by atoms with Gasteiger partial charge in [0.25, 0.3) is 10.0 Å². The number of aliphatic hydroxyl groups excluding tert-OH is 1. The summed E-state index contributed by atoms with van der Waals surface area (Å²) in [6, 6.07) is 12.3. The van der Waals surface area contributed by atoms with E-state index in [1.165, 1.54) is 12.1 Å². The van der Waals surface area contributed by atoms with Crippen LogP contribution >= 0.6 is 0 Å². The molecule has 0 aliphatic rings. The Hall–Kier alpha value is -1.67. The van der Waals surface area contributed by atoms with Crippen molar-refractivity contribution in [2.24, 2.45) is 5.14 Å². The van der Waals surface area contributed by atoms with E-state index in [-0.39, 0.29) is 18.2 Å². The highest BCUT2D eigenvalue weighted by molar-refractivity contribution is 7.89. The molecule has 21 heavy (non-hydrogen) atoms. The van der Waals surface area contributed by atoms with Gasteiger partial charge in [-0.05, 0) is 24.6 Å². The Morgan fingerprint density at radius 3 is 2.43 bits per heavy atom. The minimum atomic E-state index is -3.84. The van der Waals surface area contributed by atoms with Crippen LogP contribution in [0.3, 0.4) is 0 Å². The maximum absolute atomic E-state index is 11.1. The number of hydrogen-bond donors (Lipinski definition) is 3. The molecule has 0 spiro atoms. The van der Waals surface area contributed by atoms with Crippen molar-refractivity contribution in [1.82, 2.24) is 5.32 Å². The van der Waals surface area contributed by atoms with Gasteiger partial charge in [0.05, 0.1) is 18.7 Å². The van der Waals surface area contributed by atoms with Gasteiger partial charge >= 0.3 is 0 Å².